The minimum Gasteiger partial charge on any atom is -0.314 e. The van der Waals surface area contributed by atoms with E-state index in [1.807, 2.05) is 18.3 Å². The van der Waals surface area contributed by atoms with Crippen molar-refractivity contribution in [2.45, 2.75) is 43.7 Å². The highest BCUT2D eigenvalue weighted by molar-refractivity contribution is 7.99. The standard InChI is InChI=1S/C14H21ClN2S/c1-2-16-13-7-3-5-11(13)8-10-18-14-12(15)6-4-9-17-14/h4,6,9,11,13,16H,2-3,5,7-8,10H2,1H3. The van der Waals surface area contributed by atoms with Crippen LogP contribution in [0.15, 0.2) is 23.4 Å². The summed E-state index contributed by atoms with van der Waals surface area (Å²) < 4.78 is 0. The highest BCUT2D eigenvalue weighted by atomic mass is 35.5. The van der Waals surface area contributed by atoms with Crippen LogP contribution < -0.4 is 5.32 Å². The maximum Gasteiger partial charge on any atom is 0.115 e. The van der Waals surface area contributed by atoms with Gasteiger partial charge in [0.05, 0.1) is 5.02 Å². The molecule has 0 bridgehead atoms. The molecule has 1 aliphatic rings. The van der Waals surface area contributed by atoms with Crippen LogP contribution in [-0.2, 0) is 0 Å². The summed E-state index contributed by atoms with van der Waals surface area (Å²) in [5, 5.41) is 5.35. The van der Waals surface area contributed by atoms with E-state index in [0.717, 1.165) is 34.3 Å². The summed E-state index contributed by atoms with van der Waals surface area (Å²) in [6.45, 7) is 3.28. The molecule has 2 atom stereocenters. The van der Waals surface area contributed by atoms with Crippen molar-refractivity contribution in [2.24, 2.45) is 5.92 Å². The average molecular weight is 285 g/mol. The fraction of sp³-hybridized carbons (Fsp3) is 0.643. The van der Waals surface area contributed by atoms with Crippen LogP contribution in [0.5, 0.6) is 0 Å². The monoisotopic (exact) mass is 284 g/mol. The van der Waals surface area contributed by atoms with Gasteiger partial charge in [0, 0.05) is 12.2 Å². The Morgan fingerprint density at radius 3 is 3.17 bits per heavy atom. The van der Waals surface area contributed by atoms with Crippen molar-refractivity contribution < 1.29 is 0 Å². The van der Waals surface area contributed by atoms with Gasteiger partial charge in [-0.2, -0.15) is 0 Å². The predicted octanol–water partition coefficient (Wildman–Crippen LogP) is 4.00. The van der Waals surface area contributed by atoms with Crippen molar-refractivity contribution in [3.8, 4) is 0 Å². The first-order valence-electron chi connectivity index (χ1n) is 6.78. The van der Waals surface area contributed by atoms with E-state index in [1.54, 1.807) is 11.8 Å². The van der Waals surface area contributed by atoms with E-state index in [4.69, 9.17) is 11.6 Å². The van der Waals surface area contributed by atoms with Crippen LogP contribution in [-0.4, -0.2) is 23.3 Å². The molecule has 100 valence electrons. The number of thioether (sulfide) groups is 1. The lowest BCUT2D eigenvalue weighted by Crippen LogP contribution is -2.32. The molecule has 0 radical (unpaired) electrons. The molecule has 1 saturated carbocycles. The maximum absolute atomic E-state index is 6.10. The van der Waals surface area contributed by atoms with Crippen LogP contribution in [0.2, 0.25) is 5.02 Å². The number of nitrogens with zero attached hydrogens (tertiary/aromatic N) is 1. The van der Waals surface area contributed by atoms with Gasteiger partial charge in [0.2, 0.25) is 0 Å². The SMILES string of the molecule is CCNC1CCCC1CCSc1ncccc1Cl. The maximum atomic E-state index is 6.10. The van der Waals surface area contributed by atoms with E-state index < -0.39 is 0 Å². The Kier molecular flexibility index (Phi) is 5.80. The van der Waals surface area contributed by atoms with E-state index in [0.29, 0.717) is 0 Å². The smallest absolute Gasteiger partial charge is 0.115 e. The Bertz CT molecular complexity index is 373. The van der Waals surface area contributed by atoms with Crippen molar-refractivity contribution in [3.05, 3.63) is 23.4 Å². The first-order valence-corrected chi connectivity index (χ1v) is 8.14. The van der Waals surface area contributed by atoms with Gasteiger partial charge in [-0.05, 0) is 49.6 Å². The lowest BCUT2D eigenvalue weighted by molar-refractivity contribution is 0.400. The van der Waals surface area contributed by atoms with Crippen LogP contribution in [0.25, 0.3) is 0 Å². The van der Waals surface area contributed by atoms with Crippen LogP contribution >= 0.6 is 23.4 Å². The van der Waals surface area contributed by atoms with Crippen molar-refractivity contribution in [2.75, 3.05) is 12.3 Å². The Hall–Kier alpha value is -0.250. The molecular weight excluding hydrogens is 264 g/mol. The Labute approximate surface area is 119 Å². The summed E-state index contributed by atoms with van der Waals surface area (Å²) in [5.74, 6) is 1.95. The Morgan fingerprint density at radius 2 is 2.39 bits per heavy atom. The van der Waals surface area contributed by atoms with Gasteiger partial charge < -0.3 is 5.32 Å². The van der Waals surface area contributed by atoms with E-state index in [1.165, 1.54) is 25.7 Å². The van der Waals surface area contributed by atoms with Crippen LogP contribution in [0, 0.1) is 5.92 Å². The highest BCUT2D eigenvalue weighted by Gasteiger charge is 2.25. The predicted molar refractivity (Wildman–Crippen MR) is 79.4 cm³/mol. The number of halogens is 1. The van der Waals surface area contributed by atoms with Gasteiger partial charge >= 0.3 is 0 Å². The number of rotatable bonds is 6. The topological polar surface area (TPSA) is 24.9 Å². The summed E-state index contributed by atoms with van der Waals surface area (Å²) in [6.07, 6.45) is 7.15. The van der Waals surface area contributed by atoms with Crippen molar-refractivity contribution in [1.82, 2.24) is 10.3 Å². The molecule has 0 amide bonds. The van der Waals surface area contributed by atoms with Crippen LogP contribution in [0.1, 0.15) is 32.6 Å². The molecule has 4 heteroatoms. The lowest BCUT2D eigenvalue weighted by Gasteiger charge is -2.19. The van der Waals surface area contributed by atoms with Gasteiger partial charge in [-0.15, -0.1) is 11.8 Å². The molecule has 0 aliphatic heterocycles. The first kappa shape index (κ1) is 14.2. The van der Waals surface area contributed by atoms with Gasteiger partial charge in [0.1, 0.15) is 5.03 Å². The van der Waals surface area contributed by atoms with Crippen LogP contribution in [0.3, 0.4) is 0 Å². The molecular formula is C14H21ClN2S. The molecule has 1 fully saturated rings. The highest BCUT2D eigenvalue weighted by Crippen LogP contribution is 2.32. The number of pyridine rings is 1. The summed E-state index contributed by atoms with van der Waals surface area (Å²) in [5.41, 5.74) is 0. The molecule has 0 saturated heterocycles. The summed E-state index contributed by atoms with van der Waals surface area (Å²) in [4.78, 5) is 4.31. The van der Waals surface area contributed by atoms with E-state index >= 15 is 0 Å². The van der Waals surface area contributed by atoms with E-state index in [-0.39, 0.29) is 0 Å². The third-order valence-corrected chi connectivity index (χ3v) is 5.03. The van der Waals surface area contributed by atoms with E-state index in [2.05, 4.69) is 17.2 Å². The molecule has 2 unspecified atom stereocenters. The minimum atomic E-state index is 0.731. The minimum absolute atomic E-state index is 0.731. The second-order valence-electron chi connectivity index (χ2n) is 4.78. The van der Waals surface area contributed by atoms with Gasteiger partial charge in [-0.3, -0.25) is 0 Å². The van der Waals surface area contributed by atoms with E-state index in [9.17, 15) is 0 Å². The zero-order chi connectivity index (χ0) is 12.8. The van der Waals surface area contributed by atoms with Crippen molar-refractivity contribution in [1.29, 1.82) is 0 Å². The molecule has 0 spiro atoms. The Morgan fingerprint density at radius 1 is 1.50 bits per heavy atom. The zero-order valence-corrected chi connectivity index (χ0v) is 12.4. The van der Waals surface area contributed by atoms with Crippen LogP contribution in [0.4, 0.5) is 0 Å². The summed E-state index contributed by atoms with van der Waals surface area (Å²) in [6, 6.07) is 4.52. The lowest BCUT2D eigenvalue weighted by atomic mass is 10.0. The molecule has 1 aromatic rings. The fourth-order valence-corrected chi connectivity index (χ4v) is 3.94. The summed E-state index contributed by atoms with van der Waals surface area (Å²) >= 11 is 7.89. The number of hydrogen-bond acceptors (Lipinski definition) is 3. The van der Waals surface area contributed by atoms with Crippen molar-refractivity contribution in [3.63, 3.8) is 0 Å². The molecule has 2 nitrogen and oxygen atoms in total. The largest absolute Gasteiger partial charge is 0.314 e. The third kappa shape index (κ3) is 3.87. The fourth-order valence-electron chi connectivity index (χ4n) is 2.70. The van der Waals surface area contributed by atoms with Gasteiger partial charge in [0.15, 0.2) is 0 Å². The average Bonchev–Trinajstić information content (AvgIpc) is 2.80. The normalized spacial score (nSPS) is 23.4. The molecule has 1 heterocycles. The van der Waals surface area contributed by atoms with Gasteiger partial charge in [0.25, 0.3) is 0 Å². The molecule has 0 aromatic carbocycles. The summed E-state index contributed by atoms with van der Waals surface area (Å²) in [7, 11) is 0. The Balaban J connectivity index is 1.76. The quantitative estimate of drug-likeness (QED) is 0.800. The molecule has 1 N–H and O–H groups in total. The third-order valence-electron chi connectivity index (χ3n) is 3.58. The first-order chi connectivity index (χ1) is 8.81. The second-order valence-corrected chi connectivity index (χ2v) is 6.27. The van der Waals surface area contributed by atoms with Crippen molar-refractivity contribution >= 4 is 23.4 Å². The van der Waals surface area contributed by atoms with Gasteiger partial charge in [-0.1, -0.05) is 24.9 Å². The molecule has 1 aromatic heterocycles. The zero-order valence-electron chi connectivity index (χ0n) is 10.9. The van der Waals surface area contributed by atoms with Gasteiger partial charge in [-0.25, -0.2) is 4.98 Å². The molecule has 2 rings (SSSR count). The number of hydrogen-bond donors (Lipinski definition) is 1. The molecule has 18 heavy (non-hydrogen) atoms. The second kappa shape index (κ2) is 7.37. The number of aromatic nitrogens is 1. The molecule has 1 aliphatic carbocycles. The number of nitrogens with one attached hydrogen (secondary N) is 1.